The van der Waals surface area contributed by atoms with Gasteiger partial charge in [0.2, 0.25) is 0 Å². The Labute approximate surface area is 217 Å². The van der Waals surface area contributed by atoms with Crippen molar-refractivity contribution >= 4 is 23.9 Å². The number of cyclic esters (lactones) is 4. The summed E-state index contributed by atoms with van der Waals surface area (Å²) in [4.78, 5) is 46.9. The normalized spacial score (nSPS) is 22.0. The first-order valence-corrected chi connectivity index (χ1v) is 14.2. The molecule has 0 spiro atoms. The van der Waals surface area contributed by atoms with Crippen molar-refractivity contribution < 1.29 is 38.1 Å². The molecule has 0 aromatic rings. The van der Waals surface area contributed by atoms with E-state index in [0.29, 0.717) is 26.4 Å². The smallest absolute Gasteiger partial charge is 0.317 e. The summed E-state index contributed by atoms with van der Waals surface area (Å²) < 4.78 is 20.5. The van der Waals surface area contributed by atoms with Crippen LogP contribution in [0.4, 0.5) is 0 Å². The Kier molecular flexibility index (Phi) is 20.6. The molecule has 0 radical (unpaired) electrons. The summed E-state index contributed by atoms with van der Waals surface area (Å²) in [5.74, 6) is -2.02. The van der Waals surface area contributed by atoms with Gasteiger partial charge in [0.05, 0.1) is 26.4 Å². The Balaban J connectivity index is 2.23. The average molecular weight is 513 g/mol. The third kappa shape index (κ3) is 21.2. The van der Waals surface area contributed by atoms with Crippen LogP contribution in [0.3, 0.4) is 0 Å². The van der Waals surface area contributed by atoms with Crippen molar-refractivity contribution in [2.75, 3.05) is 26.4 Å². The highest BCUT2D eigenvalue weighted by Gasteiger charge is 2.13. The number of carbonyl (C=O) groups excluding carboxylic acids is 4. The lowest BCUT2D eigenvalue weighted by Crippen LogP contribution is -2.15. The maximum Gasteiger partial charge on any atom is 0.317 e. The van der Waals surface area contributed by atoms with Crippen molar-refractivity contribution in [1.29, 1.82) is 0 Å². The summed E-state index contributed by atoms with van der Waals surface area (Å²) in [5, 5.41) is 0. The van der Waals surface area contributed by atoms with Crippen molar-refractivity contribution in [3.05, 3.63) is 0 Å². The fourth-order valence-corrected chi connectivity index (χ4v) is 4.07. The van der Waals surface area contributed by atoms with Crippen LogP contribution < -0.4 is 0 Å². The Morgan fingerprint density at radius 1 is 0.278 bits per heavy atom. The van der Waals surface area contributed by atoms with E-state index >= 15 is 0 Å². The van der Waals surface area contributed by atoms with Gasteiger partial charge in [0.25, 0.3) is 0 Å². The van der Waals surface area contributed by atoms with Crippen LogP contribution in [0.25, 0.3) is 0 Å². The molecule has 208 valence electrons. The van der Waals surface area contributed by atoms with Gasteiger partial charge in [-0.15, -0.1) is 0 Å². The number of hydrogen-bond acceptors (Lipinski definition) is 8. The Hall–Kier alpha value is -2.12. The first-order chi connectivity index (χ1) is 17.6. The van der Waals surface area contributed by atoms with Gasteiger partial charge in [0.1, 0.15) is 12.8 Å². The second kappa shape index (κ2) is 23.3. The molecule has 1 fully saturated rings. The summed E-state index contributed by atoms with van der Waals surface area (Å²) in [6.07, 6.45) is 17.8. The standard InChI is InChI=1S/C28H48O8/c29-25-23-27(31)35-21-17-13-9-5-2-6-10-14-18-22-36-28(32)24-26(30)34-20-16-12-8-4-1-3-7-11-15-19-33-25/h1-24H2. The molecular formula is C28H48O8. The number of ether oxygens (including phenoxy) is 4. The van der Waals surface area contributed by atoms with Crippen LogP contribution in [-0.2, 0) is 38.1 Å². The van der Waals surface area contributed by atoms with E-state index < -0.39 is 23.9 Å². The predicted octanol–water partition coefficient (Wildman–Crippen LogP) is 5.97. The predicted molar refractivity (Wildman–Crippen MR) is 136 cm³/mol. The fourth-order valence-electron chi connectivity index (χ4n) is 4.07. The first-order valence-electron chi connectivity index (χ1n) is 14.2. The largest absolute Gasteiger partial charge is 0.465 e. The minimum atomic E-state index is -0.505. The van der Waals surface area contributed by atoms with E-state index in [0.717, 1.165) is 116 Å². The molecule has 0 aromatic carbocycles. The quantitative estimate of drug-likeness (QED) is 0.222. The summed E-state index contributed by atoms with van der Waals surface area (Å²) in [5.41, 5.74) is 0. The highest BCUT2D eigenvalue weighted by Crippen LogP contribution is 2.12. The molecule has 1 rings (SSSR count). The zero-order chi connectivity index (χ0) is 26.1. The van der Waals surface area contributed by atoms with Gasteiger partial charge in [-0.1, -0.05) is 89.9 Å². The second-order valence-electron chi connectivity index (χ2n) is 9.60. The summed E-state index contributed by atoms with van der Waals surface area (Å²) >= 11 is 0. The third-order valence-electron chi connectivity index (χ3n) is 6.21. The Bertz CT molecular complexity index is 504. The van der Waals surface area contributed by atoms with Gasteiger partial charge < -0.3 is 18.9 Å². The molecule has 8 heteroatoms. The van der Waals surface area contributed by atoms with Gasteiger partial charge in [-0.25, -0.2) is 0 Å². The van der Waals surface area contributed by atoms with Crippen LogP contribution in [0.2, 0.25) is 0 Å². The molecule has 1 aliphatic heterocycles. The fraction of sp³-hybridized carbons (Fsp3) is 0.857. The molecule has 1 aliphatic rings. The van der Waals surface area contributed by atoms with E-state index in [-0.39, 0.29) is 12.8 Å². The van der Waals surface area contributed by atoms with Crippen LogP contribution in [0.5, 0.6) is 0 Å². The molecule has 0 unspecified atom stereocenters. The highest BCUT2D eigenvalue weighted by molar-refractivity contribution is 5.91. The maximum absolute atomic E-state index is 11.7. The molecule has 0 amide bonds. The summed E-state index contributed by atoms with van der Waals surface area (Å²) in [6.45, 7) is 1.40. The summed E-state index contributed by atoms with van der Waals surface area (Å²) in [7, 11) is 0. The monoisotopic (exact) mass is 512 g/mol. The van der Waals surface area contributed by atoms with Gasteiger partial charge in [0, 0.05) is 0 Å². The van der Waals surface area contributed by atoms with Crippen molar-refractivity contribution in [3.8, 4) is 0 Å². The maximum atomic E-state index is 11.7. The molecule has 36 heavy (non-hydrogen) atoms. The number of carbonyl (C=O) groups is 4. The number of esters is 4. The highest BCUT2D eigenvalue weighted by atomic mass is 16.6. The van der Waals surface area contributed by atoms with Gasteiger partial charge >= 0.3 is 23.9 Å². The van der Waals surface area contributed by atoms with E-state index in [2.05, 4.69) is 0 Å². The number of hydrogen-bond donors (Lipinski definition) is 0. The van der Waals surface area contributed by atoms with Gasteiger partial charge in [-0.05, 0) is 25.7 Å². The van der Waals surface area contributed by atoms with Crippen molar-refractivity contribution in [2.45, 2.75) is 128 Å². The summed E-state index contributed by atoms with van der Waals surface area (Å²) in [6, 6.07) is 0. The molecule has 0 aromatic heterocycles. The van der Waals surface area contributed by atoms with E-state index in [4.69, 9.17) is 18.9 Å². The van der Waals surface area contributed by atoms with Crippen LogP contribution >= 0.6 is 0 Å². The van der Waals surface area contributed by atoms with Gasteiger partial charge in [-0.3, -0.25) is 19.2 Å². The Morgan fingerprint density at radius 2 is 0.444 bits per heavy atom. The van der Waals surface area contributed by atoms with Crippen molar-refractivity contribution in [1.82, 2.24) is 0 Å². The molecule has 0 N–H and O–H groups in total. The zero-order valence-electron chi connectivity index (χ0n) is 22.2. The van der Waals surface area contributed by atoms with Crippen LogP contribution in [0.15, 0.2) is 0 Å². The molecule has 0 bridgehead atoms. The average Bonchev–Trinajstić information content (AvgIpc) is 2.84. The van der Waals surface area contributed by atoms with Gasteiger partial charge in [-0.2, -0.15) is 0 Å². The lowest BCUT2D eigenvalue weighted by Gasteiger charge is -2.07. The lowest BCUT2D eigenvalue weighted by atomic mass is 10.1. The van der Waals surface area contributed by atoms with E-state index in [9.17, 15) is 19.2 Å². The van der Waals surface area contributed by atoms with Crippen LogP contribution in [-0.4, -0.2) is 50.3 Å². The Morgan fingerprint density at radius 3 is 0.639 bits per heavy atom. The molecule has 0 aliphatic carbocycles. The molecule has 0 saturated carbocycles. The van der Waals surface area contributed by atoms with E-state index in [1.807, 2.05) is 0 Å². The van der Waals surface area contributed by atoms with E-state index in [1.165, 1.54) is 0 Å². The molecular weight excluding hydrogens is 464 g/mol. The van der Waals surface area contributed by atoms with E-state index in [1.54, 1.807) is 0 Å². The minimum absolute atomic E-state index is 0.307. The van der Waals surface area contributed by atoms with Crippen molar-refractivity contribution in [2.24, 2.45) is 0 Å². The minimum Gasteiger partial charge on any atom is -0.465 e. The molecule has 1 saturated heterocycles. The molecule has 1 heterocycles. The number of rotatable bonds is 0. The topological polar surface area (TPSA) is 105 Å². The molecule has 0 atom stereocenters. The molecule has 8 nitrogen and oxygen atoms in total. The van der Waals surface area contributed by atoms with Crippen LogP contribution in [0, 0.1) is 0 Å². The third-order valence-corrected chi connectivity index (χ3v) is 6.21. The zero-order valence-corrected chi connectivity index (χ0v) is 22.2. The lowest BCUT2D eigenvalue weighted by molar-refractivity contribution is -0.156. The SMILES string of the molecule is O=C1CC(=O)OCCCCCCCCCCCOC(=O)CC(=O)OCCCCCCCCCCCO1. The first kappa shape index (κ1) is 31.9. The van der Waals surface area contributed by atoms with Crippen LogP contribution in [0.1, 0.15) is 128 Å². The second-order valence-corrected chi connectivity index (χ2v) is 9.60. The van der Waals surface area contributed by atoms with Gasteiger partial charge in [0.15, 0.2) is 0 Å². The van der Waals surface area contributed by atoms with Crippen molar-refractivity contribution in [3.63, 3.8) is 0 Å².